The lowest BCUT2D eigenvalue weighted by molar-refractivity contribution is 0.948. The predicted molar refractivity (Wildman–Crippen MR) is 50.3 cm³/mol. The Hall–Kier alpha value is -1.58. The number of nitrogens with zero attached hydrogens (tertiary/aromatic N) is 2. The van der Waals surface area contributed by atoms with Crippen molar-refractivity contribution in [3.8, 4) is 0 Å². The highest BCUT2D eigenvalue weighted by Gasteiger charge is 2.27. The van der Waals surface area contributed by atoms with Crippen molar-refractivity contribution in [2.45, 2.75) is 18.8 Å². The van der Waals surface area contributed by atoms with Crippen LogP contribution in [0, 0.1) is 0 Å². The first kappa shape index (κ1) is 6.88. The van der Waals surface area contributed by atoms with Gasteiger partial charge in [-0.3, -0.25) is 0 Å². The van der Waals surface area contributed by atoms with Crippen LogP contribution in [0.25, 0.3) is 11.0 Å². The first-order chi connectivity index (χ1) is 6.34. The van der Waals surface area contributed by atoms with E-state index in [4.69, 9.17) is 5.73 Å². The first-order valence-corrected chi connectivity index (χ1v) is 4.45. The maximum atomic E-state index is 5.80. The van der Waals surface area contributed by atoms with Crippen LogP contribution in [0.3, 0.4) is 0 Å². The summed E-state index contributed by atoms with van der Waals surface area (Å²) in [7, 11) is 0. The fraction of sp³-hybridized carbons (Fsp3) is 0.333. The van der Waals surface area contributed by atoms with Gasteiger partial charge in [0.2, 0.25) is 0 Å². The van der Waals surface area contributed by atoms with E-state index in [0.29, 0.717) is 11.7 Å². The van der Waals surface area contributed by atoms with Gasteiger partial charge >= 0.3 is 0 Å². The zero-order chi connectivity index (χ0) is 8.84. The fourth-order valence-electron chi connectivity index (χ4n) is 1.51. The number of anilines is 1. The predicted octanol–water partition coefficient (Wildman–Crippen LogP) is 1.42. The van der Waals surface area contributed by atoms with Gasteiger partial charge in [-0.2, -0.15) is 0 Å². The molecule has 0 atom stereocenters. The molecule has 1 aliphatic rings. The first-order valence-electron chi connectivity index (χ1n) is 4.45. The third-order valence-electron chi connectivity index (χ3n) is 2.40. The van der Waals surface area contributed by atoms with Crippen molar-refractivity contribution < 1.29 is 0 Å². The van der Waals surface area contributed by atoms with E-state index in [1.165, 1.54) is 12.8 Å². The average molecular weight is 174 g/mol. The molecule has 0 aromatic carbocycles. The molecule has 2 aromatic rings. The van der Waals surface area contributed by atoms with Crippen LogP contribution in [0.4, 0.5) is 5.82 Å². The minimum absolute atomic E-state index is 0.551. The molecule has 1 aliphatic carbocycles. The van der Waals surface area contributed by atoms with Gasteiger partial charge < -0.3 is 10.7 Å². The SMILES string of the molecule is Nc1nc(C2CC2)nc2[nH]ccc12. The van der Waals surface area contributed by atoms with Gasteiger partial charge in [-0.05, 0) is 18.9 Å². The van der Waals surface area contributed by atoms with Crippen molar-refractivity contribution >= 4 is 16.9 Å². The van der Waals surface area contributed by atoms with Gasteiger partial charge in [0, 0.05) is 12.1 Å². The number of H-pyrrole nitrogens is 1. The van der Waals surface area contributed by atoms with E-state index in [1.807, 2.05) is 12.3 Å². The van der Waals surface area contributed by atoms with Crippen LogP contribution in [0.5, 0.6) is 0 Å². The molecule has 2 aromatic heterocycles. The lowest BCUT2D eigenvalue weighted by atomic mass is 10.3. The molecule has 0 aliphatic heterocycles. The molecule has 3 rings (SSSR count). The second-order valence-electron chi connectivity index (χ2n) is 3.48. The summed E-state index contributed by atoms with van der Waals surface area (Å²) >= 11 is 0. The molecule has 2 heterocycles. The molecule has 0 amide bonds. The molecule has 66 valence electrons. The number of rotatable bonds is 1. The minimum atomic E-state index is 0.551. The average Bonchev–Trinajstić information content (AvgIpc) is 2.85. The maximum absolute atomic E-state index is 5.80. The number of nitrogens with two attached hydrogens (primary N) is 1. The second-order valence-corrected chi connectivity index (χ2v) is 3.48. The Labute approximate surface area is 75.2 Å². The number of fused-ring (bicyclic) bond motifs is 1. The summed E-state index contributed by atoms with van der Waals surface area (Å²) in [4.78, 5) is 11.7. The van der Waals surface area contributed by atoms with Gasteiger partial charge in [0.05, 0.1) is 5.39 Å². The molecule has 4 nitrogen and oxygen atoms in total. The molecule has 13 heavy (non-hydrogen) atoms. The van der Waals surface area contributed by atoms with Gasteiger partial charge in [0.15, 0.2) is 0 Å². The molecule has 0 bridgehead atoms. The molecule has 3 N–H and O–H groups in total. The van der Waals surface area contributed by atoms with Crippen molar-refractivity contribution in [1.29, 1.82) is 0 Å². The third kappa shape index (κ3) is 0.983. The summed E-state index contributed by atoms with van der Waals surface area (Å²) in [5, 5.41) is 0.921. The van der Waals surface area contributed by atoms with Crippen LogP contribution in [-0.2, 0) is 0 Å². The molecule has 0 saturated heterocycles. The van der Waals surface area contributed by atoms with Crippen molar-refractivity contribution in [1.82, 2.24) is 15.0 Å². The van der Waals surface area contributed by atoms with Crippen molar-refractivity contribution in [3.63, 3.8) is 0 Å². The van der Waals surface area contributed by atoms with Crippen molar-refractivity contribution in [3.05, 3.63) is 18.1 Å². The summed E-state index contributed by atoms with van der Waals surface area (Å²) < 4.78 is 0. The van der Waals surface area contributed by atoms with Gasteiger partial charge in [-0.15, -0.1) is 0 Å². The van der Waals surface area contributed by atoms with E-state index in [-0.39, 0.29) is 0 Å². The van der Waals surface area contributed by atoms with Crippen molar-refractivity contribution in [2.75, 3.05) is 5.73 Å². The Morgan fingerprint density at radius 2 is 2.23 bits per heavy atom. The summed E-state index contributed by atoms with van der Waals surface area (Å²) in [6, 6.07) is 1.90. The lowest BCUT2D eigenvalue weighted by Crippen LogP contribution is -1.98. The molecular weight excluding hydrogens is 164 g/mol. The Kier molecular flexibility index (Phi) is 1.17. The monoisotopic (exact) mass is 174 g/mol. The summed E-state index contributed by atoms with van der Waals surface area (Å²) in [5.41, 5.74) is 6.65. The summed E-state index contributed by atoms with van der Waals surface area (Å²) in [6.07, 6.45) is 4.24. The Morgan fingerprint density at radius 3 is 3.00 bits per heavy atom. The summed E-state index contributed by atoms with van der Waals surface area (Å²) in [6.45, 7) is 0. The van der Waals surface area contributed by atoms with Gasteiger partial charge in [-0.1, -0.05) is 0 Å². The van der Waals surface area contributed by atoms with Crippen LogP contribution in [-0.4, -0.2) is 15.0 Å². The topological polar surface area (TPSA) is 67.6 Å². The largest absolute Gasteiger partial charge is 0.383 e. The molecule has 0 radical (unpaired) electrons. The van der Waals surface area contributed by atoms with Crippen LogP contribution in [0.1, 0.15) is 24.6 Å². The lowest BCUT2D eigenvalue weighted by Gasteiger charge is -1.99. The third-order valence-corrected chi connectivity index (χ3v) is 2.40. The van der Waals surface area contributed by atoms with Gasteiger partial charge in [-0.25, -0.2) is 9.97 Å². The second kappa shape index (κ2) is 2.22. The normalized spacial score (nSPS) is 16.6. The Morgan fingerprint density at radius 1 is 1.38 bits per heavy atom. The molecular formula is C9H10N4. The van der Waals surface area contributed by atoms with E-state index in [0.717, 1.165) is 16.9 Å². The smallest absolute Gasteiger partial charge is 0.143 e. The summed E-state index contributed by atoms with van der Waals surface area (Å²) in [5.74, 6) is 2.04. The quantitative estimate of drug-likeness (QED) is 0.687. The standard InChI is InChI=1S/C9H10N4/c10-7-6-3-4-11-9(6)13-8(12-7)5-1-2-5/h3-5H,1-2H2,(H3,10,11,12,13). The molecule has 0 spiro atoms. The Balaban J connectivity index is 2.27. The fourth-order valence-corrected chi connectivity index (χ4v) is 1.51. The number of aromatic nitrogens is 3. The zero-order valence-electron chi connectivity index (χ0n) is 7.12. The van der Waals surface area contributed by atoms with Crippen LogP contribution < -0.4 is 5.73 Å². The highest BCUT2D eigenvalue weighted by Crippen LogP contribution is 2.38. The maximum Gasteiger partial charge on any atom is 0.143 e. The van der Waals surface area contributed by atoms with E-state index in [9.17, 15) is 0 Å². The number of aromatic amines is 1. The number of hydrogen-bond acceptors (Lipinski definition) is 3. The van der Waals surface area contributed by atoms with E-state index >= 15 is 0 Å². The van der Waals surface area contributed by atoms with Crippen LogP contribution in [0.15, 0.2) is 12.3 Å². The molecule has 1 saturated carbocycles. The zero-order valence-corrected chi connectivity index (χ0v) is 7.12. The van der Waals surface area contributed by atoms with Crippen LogP contribution >= 0.6 is 0 Å². The molecule has 1 fully saturated rings. The highest BCUT2D eigenvalue weighted by atomic mass is 15.0. The van der Waals surface area contributed by atoms with Crippen LogP contribution in [0.2, 0.25) is 0 Å². The number of hydrogen-bond donors (Lipinski definition) is 2. The molecule has 4 heteroatoms. The Bertz CT molecular complexity index is 456. The van der Waals surface area contributed by atoms with Gasteiger partial charge in [0.25, 0.3) is 0 Å². The highest BCUT2D eigenvalue weighted by molar-refractivity contribution is 5.85. The van der Waals surface area contributed by atoms with Gasteiger partial charge in [0.1, 0.15) is 17.3 Å². The number of nitrogens with one attached hydrogen (secondary N) is 1. The van der Waals surface area contributed by atoms with E-state index < -0.39 is 0 Å². The number of nitrogen functional groups attached to an aromatic ring is 1. The van der Waals surface area contributed by atoms with E-state index in [2.05, 4.69) is 15.0 Å². The molecule has 0 unspecified atom stereocenters. The van der Waals surface area contributed by atoms with Crippen molar-refractivity contribution in [2.24, 2.45) is 0 Å². The minimum Gasteiger partial charge on any atom is -0.383 e. The van der Waals surface area contributed by atoms with E-state index in [1.54, 1.807) is 0 Å².